The molecule has 1 aromatic heterocycles. The fourth-order valence-electron chi connectivity index (χ4n) is 3.47. The molecule has 0 spiro atoms. The molecule has 8 heteroatoms. The van der Waals surface area contributed by atoms with Crippen LogP contribution in [0.15, 0.2) is 23.7 Å². The molecule has 25 heavy (non-hydrogen) atoms. The number of carbonyl (C=O) groups is 1. The highest BCUT2D eigenvalue weighted by molar-refractivity contribution is 7.13. The van der Waals surface area contributed by atoms with Gasteiger partial charge in [0.1, 0.15) is 17.2 Å². The van der Waals surface area contributed by atoms with Crippen LogP contribution in [-0.4, -0.2) is 41.2 Å². The van der Waals surface area contributed by atoms with Crippen molar-refractivity contribution in [2.45, 2.75) is 24.9 Å². The molecular formula is C17H17F2N3O2S. The molecule has 3 aliphatic rings. The highest BCUT2D eigenvalue weighted by Gasteiger charge is 2.42. The van der Waals surface area contributed by atoms with E-state index in [2.05, 4.69) is 15.2 Å². The summed E-state index contributed by atoms with van der Waals surface area (Å²) in [6.07, 6.45) is 1.91. The minimum Gasteiger partial charge on any atom is -0.443 e. The van der Waals surface area contributed by atoms with Gasteiger partial charge in [-0.15, -0.1) is 11.3 Å². The van der Waals surface area contributed by atoms with Gasteiger partial charge in [0.15, 0.2) is 5.82 Å². The lowest BCUT2D eigenvalue weighted by molar-refractivity contribution is -0.0742. The number of amides is 1. The van der Waals surface area contributed by atoms with Crippen LogP contribution in [-0.2, 0) is 4.74 Å². The average molecular weight is 365 g/mol. The van der Waals surface area contributed by atoms with E-state index >= 15 is 0 Å². The van der Waals surface area contributed by atoms with Gasteiger partial charge in [0, 0.05) is 50.5 Å². The number of hydrogen-bond acceptors (Lipinski definition) is 5. The second-order valence-corrected chi connectivity index (χ2v) is 7.30. The van der Waals surface area contributed by atoms with Crippen LogP contribution in [0.1, 0.15) is 19.3 Å². The number of hydrogen-bond donors (Lipinski definition) is 1. The summed E-state index contributed by atoms with van der Waals surface area (Å²) >= 11 is 1.17. The molecule has 5 nitrogen and oxygen atoms in total. The van der Waals surface area contributed by atoms with Gasteiger partial charge in [-0.25, -0.2) is 18.6 Å². The van der Waals surface area contributed by atoms with Crippen molar-refractivity contribution in [1.29, 1.82) is 0 Å². The molecule has 0 saturated carbocycles. The number of piperidine rings is 3. The topological polar surface area (TPSA) is 54.5 Å². The van der Waals surface area contributed by atoms with Crippen LogP contribution in [0.4, 0.5) is 19.4 Å². The largest absolute Gasteiger partial charge is 0.443 e. The Morgan fingerprint density at radius 1 is 1.24 bits per heavy atom. The van der Waals surface area contributed by atoms with Crippen LogP contribution in [0.5, 0.6) is 0 Å². The maximum Gasteiger partial charge on any atom is 0.413 e. The molecule has 2 bridgehead atoms. The van der Waals surface area contributed by atoms with Gasteiger partial charge >= 0.3 is 6.09 Å². The van der Waals surface area contributed by atoms with Crippen LogP contribution in [0, 0.1) is 11.6 Å². The number of rotatable bonds is 3. The van der Waals surface area contributed by atoms with Gasteiger partial charge in [-0.3, -0.25) is 5.32 Å². The zero-order valence-electron chi connectivity index (χ0n) is 13.4. The molecule has 0 atom stereocenters. The summed E-state index contributed by atoms with van der Waals surface area (Å²) in [6.45, 7) is 2.82. The van der Waals surface area contributed by atoms with Crippen molar-refractivity contribution in [2.24, 2.45) is 0 Å². The van der Waals surface area contributed by atoms with Crippen molar-refractivity contribution >= 4 is 23.2 Å². The number of fused-ring (bicyclic) bond motifs is 3. The van der Waals surface area contributed by atoms with Crippen LogP contribution >= 0.6 is 11.3 Å². The lowest BCUT2D eigenvalue weighted by Gasteiger charge is -2.47. The lowest BCUT2D eigenvalue weighted by atomic mass is 9.83. The van der Waals surface area contributed by atoms with Gasteiger partial charge in [0.25, 0.3) is 0 Å². The molecule has 0 aliphatic carbocycles. The quantitative estimate of drug-likeness (QED) is 0.897. The molecule has 1 aromatic carbocycles. The smallest absolute Gasteiger partial charge is 0.413 e. The predicted octanol–water partition coefficient (Wildman–Crippen LogP) is 3.88. The third kappa shape index (κ3) is 3.23. The van der Waals surface area contributed by atoms with Crippen molar-refractivity contribution in [3.05, 3.63) is 35.3 Å². The van der Waals surface area contributed by atoms with Crippen molar-refractivity contribution in [3.8, 4) is 10.4 Å². The first-order chi connectivity index (χ1) is 12.0. The fourth-order valence-corrected chi connectivity index (χ4v) is 4.24. The summed E-state index contributed by atoms with van der Waals surface area (Å²) in [5.41, 5.74) is 1.30. The monoisotopic (exact) mass is 365 g/mol. The first-order valence-corrected chi connectivity index (χ1v) is 9.04. The van der Waals surface area contributed by atoms with Crippen molar-refractivity contribution in [3.63, 3.8) is 0 Å². The number of carbonyl (C=O) groups excluding carboxylic acids is 1. The lowest BCUT2D eigenvalue weighted by Crippen LogP contribution is -2.54. The molecule has 1 amide bonds. The Bertz CT molecular complexity index is 789. The average Bonchev–Trinajstić information content (AvgIpc) is 3.03. The highest BCUT2D eigenvalue weighted by atomic mass is 32.1. The minimum absolute atomic E-state index is 0.198. The first kappa shape index (κ1) is 16.4. The normalized spacial score (nSPS) is 25.0. The van der Waals surface area contributed by atoms with E-state index in [1.165, 1.54) is 29.0 Å². The third-order valence-corrected chi connectivity index (χ3v) is 5.78. The number of nitrogens with one attached hydrogen (secondary N) is 1. The van der Waals surface area contributed by atoms with Crippen molar-refractivity contribution < 1.29 is 18.3 Å². The Hall–Kier alpha value is -2.06. The zero-order chi connectivity index (χ0) is 17.4. The molecule has 2 aromatic rings. The number of halogens is 2. The zero-order valence-corrected chi connectivity index (χ0v) is 14.2. The van der Waals surface area contributed by atoms with Gasteiger partial charge in [0.2, 0.25) is 0 Å². The fraction of sp³-hybridized carbons (Fsp3) is 0.412. The van der Waals surface area contributed by atoms with Crippen molar-refractivity contribution in [1.82, 2.24) is 9.88 Å². The van der Waals surface area contributed by atoms with Gasteiger partial charge < -0.3 is 9.64 Å². The first-order valence-electron chi connectivity index (χ1n) is 8.16. The third-order valence-electron chi connectivity index (χ3n) is 4.92. The molecule has 3 saturated heterocycles. The molecule has 0 radical (unpaired) electrons. The second-order valence-electron chi connectivity index (χ2n) is 6.44. The number of anilines is 1. The number of thiazole rings is 1. The summed E-state index contributed by atoms with van der Waals surface area (Å²) in [5.74, 6) is -1.12. The van der Waals surface area contributed by atoms with Gasteiger partial charge in [-0.05, 0) is 12.1 Å². The molecule has 3 fully saturated rings. The van der Waals surface area contributed by atoms with Gasteiger partial charge in [0.05, 0.1) is 10.4 Å². The second kappa shape index (κ2) is 6.34. The van der Waals surface area contributed by atoms with Crippen LogP contribution in [0.3, 0.4) is 0 Å². The minimum atomic E-state index is -0.695. The Balaban J connectivity index is 1.50. The predicted molar refractivity (Wildman–Crippen MR) is 90.6 cm³/mol. The Morgan fingerprint density at radius 2 is 1.96 bits per heavy atom. The van der Waals surface area contributed by atoms with E-state index in [1.807, 2.05) is 0 Å². The van der Waals surface area contributed by atoms with Gasteiger partial charge in [-0.1, -0.05) is 0 Å². The molecular weight excluding hydrogens is 348 g/mol. The molecule has 3 aliphatic heterocycles. The number of nitrogens with zero attached hydrogens (tertiary/aromatic N) is 2. The van der Waals surface area contributed by atoms with Gasteiger partial charge in [-0.2, -0.15) is 0 Å². The van der Waals surface area contributed by atoms with E-state index < -0.39 is 23.3 Å². The molecule has 4 heterocycles. The van der Waals surface area contributed by atoms with E-state index in [0.29, 0.717) is 4.88 Å². The van der Waals surface area contributed by atoms with Crippen molar-refractivity contribution in [2.75, 3.05) is 25.0 Å². The molecule has 1 N–H and O–H groups in total. The summed E-state index contributed by atoms with van der Waals surface area (Å²) in [5, 5.41) is 2.62. The Kier molecular flexibility index (Phi) is 4.16. The number of ether oxygens (including phenoxy) is 1. The van der Waals surface area contributed by atoms with Crippen LogP contribution in [0.25, 0.3) is 10.4 Å². The maximum atomic E-state index is 14.0. The molecule has 132 valence electrons. The van der Waals surface area contributed by atoms with E-state index in [0.717, 1.165) is 45.0 Å². The van der Waals surface area contributed by atoms with E-state index in [1.54, 1.807) is 0 Å². The van der Waals surface area contributed by atoms with E-state index in [4.69, 9.17) is 4.74 Å². The van der Waals surface area contributed by atoms with Crippen LogP contribution in [0.2, 0.25) is 0 Å². The summed E-state index contributed by atoms with van der Waals surface area (Å²) in [4.78, 5) is 19.2. The number of aromatic nitrogens is 1. The summed E-state index contributed by atoms with van der Waals surface area (Å²) in [7, 11) is 0. The van der Waals surface area contributed by atoms with E-state index in [-0.39, 0.29) is 11.4 Å². The summed E-state index contributed by atoms with van der Waals surface area (Å²) in [6, 6.07) is 3.32. The maximum absolute atomic E-state index is 14.0. The summed E-state index contributed by atoms with van der Waals surface area (Å²) < 4.78 is 32.8. The van der Waals surface area contributed by atoms with E-state index in [9.17, 15) is 13.6 Å². The Morgan fingerprint density at radius 3 is 2.64 bits per heavy atom. The highest BCUT2D eigenvalue weighted by Crippen LogP contribution is 2.37. The molecule has 0 unspecified atom stereocenters. The Labute approximate surface area is 147 Å². The molecule has 5 rings (SSSR count). The van der Waals surface area contributed by atoms with Crippen LogP contribution < -0.4 is 5.32 Å². The standard InChI is InChI=1S/C17H17F2N3O2S/c18-11-1-2-12(13(19)9-11)14-15(20-10-25-14)21-16(23)24-17-3-6-22(7-4-17)8-5-17/h1-2,9-10H,3-8H2,(H,21,23). The SMILES string of the molecule is O=C(Nc1ncsc1-c1ccc(F)cc1F)OC12CCN(CC1)CC2. The number of benzene rings is 1.